The van der Waals surface area contributed by atoms with Crippen molar-refractivity contribution in [2.75, 3.05) is 11.9 Å². The number of rotatable bonds is 6. The molecule has 0 saturated carbocycles. The number of ether oxygens (including phenoxy) is 1. The molecule has 0 atom stereocenters. The summed E-state index contributed by atoms with van der Waals surface area (Å²) in [5.41, 5.74) is 1.80. The molecule has 0 spiro atoms. The summed E-state index contributed by atoms with van der Waals surface area (Å²) in [5, 5.41) is 9.11. The Morgan fingerprint density at radius 1 is 1.24 bits per heavy atom. The van der Waals surface area contributed by atoms with Crippen molar-refractivity contribution in [1.29, 1.82) is 0 Å². The number of carbonyl (C=O) groups is 1. The zero-order chi connectivity index (χ0) is 18.4. The van der Waals surface area contributed by atoms with Gasteiger partial charge in [-0.05, 0) is 31.5 Å². The van der Waals surface area contributed by atoms with Crippen LogP contribution >= 0.6 is 23.2 Å². The molecule has 0 aliphatic carbocycles. The number of hydrogen-bond donors (Lipinski definition) is 0. The lowest BCUT2D eigenvalue weighted by Crippen LogP contribution is -2.25. The van der Waals surface area contributed by atoms with Crippen LogP contribution in [0.25, 0.3) is 0 Å². The van der Waals surface area contributed by atoms with Gasteiger partial charge in [-0.25, -0.2) is 0 Å². The van der Waals surface area contributed by atoms with E-state index in [1.165, 1.54) is 4.90 Å². The minimum Gasteiger partial charge on any atom is -0.472 e. The summed E-state index contributed by atoms with van der Waals surface area (Å²) < 4.78 is 5.57. The highest BCUT2D eigenvalue weighted by atomic mass is 35.5. The van der Waals surface area contributed by atoms with Crippen molar-refractivity contribution in [2.45, 2.75) is 26.9 Å². The van der Waals surface area contributed by atoms with Gasteiger partial charge in [0.1, 0.15) is 6.61 Å². The van der Waals surface area contributed by atoms with E-state index in [0.29, 0.717) is 21.7 Å². The molecule has 2 rings (SSSR count). The average molecular weight is 380 g/mol. The predicted octanol–water partition coefficient (Wildman–Crippen LogP) is 4.68. The topological polar surface area (TPSA) is 55.3 Å². The molecule has 0 saturated heterocycles. The SMILES string of the molecule is CC/C(C)=C\C(=O)N(C)c1ccc(OCc2ccc(Cl)cc2Cl)nn1. The van der Waals surface area contributed by atoms with E-state index in [1.807, 2.05) is 13.8 Å². The van der Waals surface area contributed by atoms with Gasteiger partial charge in [0.25, 0.3) is 5.91 Å². The van der Waals surface area contributed by atoms with Crippen molar-refractivity contribution in [3.8, 4) is 5.88 Å². The number of anilines is 1. The Kier molecular flexibility index (Phi) is 6.79. The first-order valence-electron chi connectivity index (χ1n) is 7.76. The van der Waals surface area contributed by atoms with Crippen LogP contribution in [0.15, 0.2) is 42.0 Å². The van der Waals surface area contributed by atoms with Gasteiger partial charge in [-0.2, -0.15) is 0 Å². The van der Waals surface area contributed by atoms with E-state index in [4.69, 9.17) is 27.9 Å². The third-order valence-corrected chi connectivity index (χ3v) is 4.21. The van der Waals surface area contributed by atoms with Gasteiger partial charge in [0.15, 0.2) is 5.82 Å². The van der Waals surface area contributed by atoms with Gasteiger partial charge in [-0.15, -0.1) is 10.2 Å². The molecule has 132 valence electrons. The molecule has 1 aromatic heterocycles. The Bertz CT molecular complexity index is 776. The van der Waals surface area contributed by atoms with E-state index in [-0.39, 0.29) is 12.5 Å². The van der Waals surface area contributed by atoms with Crippen LogP contribution in [0.4, 0.5) is 5.82 Å². The second-order valence-corrected chi connectivity index (χ2v) is 6.34. The molecule has 2 aromatic rings. The molecule has 5 nitrogen and oxygen atoms in total. The van der Waals surface area contributed by atoms with E-state index in [0.717, 1.165) is 17.6 Å². The Balaban J connectivity index is 2.01. The average Bonchev–Trinajstić information content (AvgIpc) is 2.60. The lowest BCUT2D eigenvalue weighted by molar-refractivity contribution is -0.114. The number of aromatic nitrogens is 2. The van der Waals surface area contributed by atoms with Gasteiger partial charge in [-0.1, -0.05) is 41.8 Å². The van der Waals surface area contributed by atoms with Crippen LogP contribution < -0.4 is 9.64 Å². The monoisotopic (exact) mass is 379 g/mol. The predicted molar refractivity (Wildman–Crippen MR) is 100 cm³/mol. The second kappa shape index (κ2) is 8.83. The largest absolute Gasteiger partial charge is 0.472 e. The van der Waals surface area contributed by atoms with Gasteiger partial charge in [-0.3, -0.25) is 9.69 Å². The summed E-state index contributed by atoms with van der Waals surface area (Å²) in [6.07, 6.45) is 2.42. The van der Waals surface area contributed by atoms with E-state index in [1.54, 1.807) is 43.5 Å². The zero-order valence-electron chi connectivity index (χ0n) is 14.3. The Morgan fingerprint density at radius 3 is 2.60 bits per heavy atom. The van der Waals surface area contributed by atoms with Gasteiger partial charge in [0.2, 0.25) is 5.88 Å². The van der Waals surface area contributed by atoms with Gasteiger partial charge >= 0.3 is 0 Å². The minimum atomic E-state index is -0.143. The first-order chi connectivity index (χ1) is 11.9. The number of carbonyl (C=O) groups excluding carboxylic acids is 1. The van der Waals surface area contributed by atoms with Crippen LogP contribution in [-0.4, -0.2) is 23.2 Å². The fraction of sp³-hybridized carbons (Fsp3) is 0.278. The number of amides is 1. The fourth-order valence-electron chi connectivity index (χ4n) is 1.88. The van der Waals surface area contributed by atoms with Crippen LogP contribution in [-0.2, 0) is 11.4 Å². The molecule has 0 radical (unpaired) electrons. The highest BCUT2D eigenvalue weighted by Crippen LogP contribution is 2.22. The lowest BCUT2D eigenvalue weighted by Gasteiger charge is -2.14. The van der Waals surface area contributed by atoms with Crippen LogP contribution in [0.3, 0.4) is 0 Å². The fourth-order valence-corrected chi connectivity index (χ4v) is 2.34. The van der Waals surface area contributed by atoms with Crippen LogP contribution in [0.2, 0.25) is 10.0 Å². The van der Waals surface area contributed by atoms with E-state index in [2.05, 4.69) is 10.2 Å². The van der Waals surface area contributed by atoms with Crippen LogP contribution in [0, 0.1) is 0 Å². The first-order valence-corrected chi connectivity index (χ1v) is 8.51. The molecule has 1 heterocycles. The zero-order valence-corrected chi connectivity index (χ0v) is 15.8. The number of benzene rings is 1. The summed E-state index contributed by atoms with van der Waals surface area (Å²) in [5.74, 6) is 0.646. The molecule has 0 aliphatic rings. The molecule has 0 fully saturated rings. The molecule has 1 aromatic carbocycles. The number of allylic oxidation sites excluding steroid dienone is 1. The maximum absolute atomic E-state index is 12.1. The Labute approximate surface area is 157 Å². The molecule has 1 amide bonds. The number of likely N-dealkylation sites (N-methyl/N-ethyl adjacent to an activating group) is 1. The highest BCUT2D eigenvalue weighted by molar-refractivity contribution is 6.35. The molecule has 0 bridgehead atoms. The molecule has 0 N–H and O–H groups in total. The number of halogens is 2. The summed E-state index contributed by atoms with van der Waals surface area (Å²) in [6, 6.07) is 8.53. The van der Waals surface area contributed by atoms with E-state index >= 15 is 0 Å². The Hall–Kier alpha value is -2.11. The quantitative estimate of drug-likeness (QED) is 0.683. The number of nitrogens with zero attached hydrogens (tertiary/aromatic N) is 3. The normalized spacial score (nSPS) is 11.3. The van der Waals surface area contributed by atoms with Crippen molar-refractivity contribution in [3.63, 3.8) is 0 Å². The molecule has 0 unspecified atom stereocenters. The highest BCUT2D eigenvalue weighted by Gasteiger charge is 2.11. The molecular formula is C18H19Cl2N3O2. The first kappa shape index (κ1) is 19.2. The summed E-state index contributed by atoms with van der Waals surface area (Å²) >= 11 is 12.0. The van der Waals surface area contributed by atoms with E-state index < -0.39 is 0 Å². The lowest BCUT2D eigenvalue weighted by atomic mass is 10.2. The van der Waals surface area contributed by atoms with Gasteiger partial charge in [0.05, 0.1) is 0 Å². The summed E-state index contributed by atoms with van der Waals surface area (Å²) in [6.45, 7) is 4.16. The third-order valence-electron chi connectivity index (χ3n) is 3.62. The molecule has 25 heavy (non-hydrogen) atoms. The van der Waals surface area contributed by atoms with Crippen molar-refractivity contribution < 1.29 is 9.53 Å². The van der Waals surface area contributed by atoms with Crippen LogP contribution in [0.5, 0.6) is 5.88 Å². The summed E-state index contributed by atoms with van der Waals surface area (Å²) in [4.78, 5) is 13.5. The maximum atomic E-state index is 12.1. The smallest absolute Gasteiger partial charge is 0.251 e. The van der Waals surface area contributed by atoms with Crippen molar-refractivity contribution in [3.05, 3.63) is 57.6 Å². The van der Waals surface area contributed by atoms with Crippen molar-refractivity contribution in [2.24, 2.45) is 0 Å². The van der Waals surface area contributed by atoms with Gasteiger partial charge in [0, 0.05) is 34.8 Å². The summed E-state index contributed by atoms with van der Waals surface area (Å²) in [7, 11) is 1.65. The van der Waals surface area contributed by atoms with Gasteiger partial charge < -0.3 is 4.74 Å². The second-order valence-electron chi connectivity index (χ2n) is 5.50. The molecule has 0 aliphatic heterocycles. The molecular weight excluding hydrogens is 361 g/mol. The third kappa shape index (κ3) is 5.44. The Morgan fingerprint density at radius 2 is 2.00 bits per heavy atom. The maximum Gasteiger partial charge on any atom is 0.251 e. The number of hydrogen-bond acceptors (Lipinski definition) is 4. The standard InChI is InChI=1S/C18H19Cl2N3O2/c1-4-12(2)9-18(24)23(3)16-7-8-17(22-21-16)25-11-13-5-6-14(19)10-15(13)20/h5-10H,4,11H2,1-3H3/b12-9-. The van der Waals surface area contributed by atoms with Crippen molar-refractivity contribution >= 4 is 34.9 Å². The van der Waals surface area contributed by atoms with Crippen LogP contribution in [0.1, 0.15) is 25.8 Å². The molecule has 7 heteroatoms. The minimum absolute atomic E-state index is 0.143. The van der Waals surface area contributed by atoms with E-state index in [9.17, 15) is 4.79 Å². The van der Waals surface area contributed by atoms with Crippen molar-refractivity contribution in [1.82, 2.24) is 10.2 Å².